The lowest BCUT2D eigenvalue weighted by Gasteiger charge is -2.37. The Labute approximate surface area is 358 Å². The molecule has 15 nitrogen and oxygen atoms in total. The molecule has 0 aliphatic carbocycles. The fraction of sp³-hybridized carbons (Fsp3) is 0.422. The molecular formula is C45H57BN8O7. The van der Waals surface area contributed by atoms with Gasteiger partial charge in [-0.2, -0.15) is 0 Å². The molecule has 2 fully saturated rings. The maximum atomic E-state index is 14.1. The highest BCUT2D eigenvalue weighted by atomic mass is 16.7. The molecule has 1 aromatic heterocycles. The number of hydrazine groups is 1. The summed E-state index contributed by atoms with van der Waals surface area (Å²) in [7, 11) is 0.807. The Hall–Kier alpha value is -5.84. The van der Waals surface area contributed by atoms with Gasteiger partial charge in [0.05, 0.1) is 24.3 Å². The minimum Gasteiger partial charge on any atom is -0.493 e. The average molecular weight is 833 g/mol. The summed E-state index contributed by atoms with van der Waals surface area (Å²) in [5.74, 6) is -0.254. The summed E-state index contributed by atoms with van der Waals surface area (Å²) in [5.41, 5.74) is 6.35. The quantitative estimate of drug-likeness (QED) is 0.0733. The number of rotatable bonds is 16. The van der Waals surface area contributed by atoms with Crippen LogP contribution in [0.1, 0.15) is 85.9 Å². The van der Waals surface area contributed by atoms with Crippen molar-refractivity contribution in [1.29, 1.82) is 0 Å². The van der Waals surface area contributed by atoms with Crippen molar-refractivity contribution in [2.24, 2.45) is 11.8 Å². The molecule has 5 N–H and O–H groups in total. The van der Waals surface area contributed by atoms with Crippen molar-refractivity contribution in [3.63, 3.8) is 0 Å². The summed E-state index contributed by atoms with van der Waals surface area (Å²) in [6, 6.07) is 23.0. The third-order valence-electron chi connectivity index (χ3n) is 11.4. The van der Waals surface area contributed by atoms with E-state index < -0.39 is 36.2 Å². The van der Waals surface area contributed by atoms with E-state index in [4.69, 9.17) is 14.0 Å². The predicted molar refractivity (Wildman–Crippen MR) is 232 cm³/mol. The molecule has 2 saturated heterocycles. The second kappa shape index (κ2) is 20.2. The van der Waals surface area contributed by atoms with Gasteiger partial charge in [0, 0.05) is 50.2 Å². The van der Waals surface area contributed by atoms with Gasteiger partial charge in [-0.05, 0) is 99.4 Å². The van der Waals surface area contributed by atoms with Crippen LogP contribution in [0.4, 0.5) is 10.5 Å². The lowest BCUT2D eigenvalue weighted by molar-refractivity contribution is -0.123. The van der Waals surface area contributed by atoms with E-state index in [1.165, 1.54) is 18.6 Å². The van der Waals surface area contributed by atoms with Crippen molar-refractivity contribution >= 4 is 36.6 Å². The van der Waals surface area contributed by atoms with Crippen molar-refractivity contribution in [3.05, 3.63) is 120 Å². The van der Waals surface area contributed by atoms with Gasteiger partial charge in [0.2, 0.25) is 5.91 Å². The smallest absolute Gasteiger partial charge is 0.482 e. The zero-order valence-corrected chi connectivity index (χ0v) is 35.8. The van der Waals surface area contributed by atoms with E-state index in [1.54, 1.807) is 19.2 Å². The number of amides is 5. The van der Waals surface area contributed by atoms with Crippen LogP contribution in [-0.2, 0) is 26.1 Å². The van der Waals surface area contributed by atoms with E-state index >= 15 is 0 Å². The Morgan fingerprint density at radius 3 is 2.25 bits per heavy atom. The van der Waals surface area contributed by atoms with Crippen LogP contribution in [0.15, 0.2) is 97.5 Å². The number of ether oxygens (including phenoxy) is 1. The first kappa shape index (κ1) is 44.7. The van der Waals surface area contributed by atoms with E-state index in [2.05, 4.69) is 50.6 Å². The lowest BCUT2D eigenvalue weighted by atomic mass is 9.73. The van der Waals surface area contributed by atoms with E-state index in [-0.39, 0.29) is 35.9 Å². The van der Waals surface area contributed by atoms with E-state index in [0.29, 0.717) is 49.0 Å². The molecule has 16 heteroatoms. The topological polar surface area (TPSA) is 185 Å². The van der Waals surface area contributed by atoms with Crippen LogP contribution >= 0.6 is 0 Å². The van der Waals surface area contributed by atoms with E-state index in [1.807, 2.05) is 92.4 Å². The fourth-order valence-corrected chi connectivity index (χ4v) is 7.66. The molecule has 1 unspecified atom stereocenters. The van der Waals surface area contributed by atoms with Gasteiger partial charge in [0.1, 0.15) is 23.1 Å². The summed E-state index contributed by atoms with van der Waals surface area (Å²) < 4.78 is 19.5. The third kappa shape index (κ3) is 11.5. The monoisotopic (exact) mass is 832 g/mol. The minimum atomic E-state index is -0.931. The highest BCUT2D eigenvalue weighted by Crippen LogP contribution is 2.46. The van der Waals surface area contributed by atoms with Crippen molar-refractivity contribution in [1.82, 2.24) is 36.4 Å². The molecule has 0 bridgehead atoms. The molecule has 3 atom stereocenters. The molecule has 4 aromatic rings. The van der Waals surface area contributed by atoms with Crippen LogP contribution in [0, 0.1) is 11.8 Å². The van der Waals surface area contributed by atoms with Gasteiger partial charge in [0.25, 0.3) is 11.8 Å². The highest BCUT2D eigenvalue weighted by Gasteiger charge is 2.57. The van der Waals surface area contributed by atoms with Gasteiger partial charge in [-0.25, -0.2) is 15.2 Å². The SMILES string of the molecule is CNNC(=O)Nc1ccc(OCC2CCN(C(=O)c3ccc(C4(C)OB([C@H](CC(C)C)NC(=O)[C@H](Cc5ccccc5)NC(=O)c5cnccn5)OC4(C)C)cc3)CC2)cc1. The molecule has 322 valence electrons. The number of anilines is 1. The van der Waals surface area contributed by atoms with Gasteiger partial charge in [0.15, 0.2) is 0 Å². The summed E-state index contributed by atoms with van der Waals surface area (Å²) in [6.45, 7) is 11.8. The first-order valence-corrected chi connectivity index (χ1v) is 20.9. The molecule has 0 radical (unpaired) electrons. The van der Waals surface area contributed by atoms with Crippen LogP contribution in [0.25, 0.3) is 0 Å². The normalized spacial score (nSPS) is 18.5. The second-order valence-corrected chi connectivity index (χ2v) is 16.7. The number of hydrogen-bond acceptors (Lipinski definition) is 10. The number of benzene rings is 3. The minimum absolute atomic E-state index is 0.0293. The molecule has 6 rings (SSSR count). The molecule has 2 aliphatic rings. The van der Waals surface area contributed by atoms with Gasteiger partial charge in [-0.15, -0.1) is 0 Å². The highest BCUT2D eigenvalue weighted by molar-refractivity contribution is 6.48. The Bertz CT molecular complexity index is 2090. The lowest BCUT2D eigenvalue weighted by Crippen LogP contribution is -2.55. The fourth-order valence-electron chi connectivity index (χ4n) is 7.66. The van der Waals surface area contributed by atoms with Crippen LogP contribution < -0.4 is 31.5 Å². The summed E-state index contributed by atoms with van der Waals surface area (Å²) in [5, 5.41) is 8.75. The zero-order chi connectivity index (χ0) is 43.6. The van der Waals surface area contributed by atoms with Crippen molar-refractivity contribution in [2.75, 3.05) is 32.1 Å². The number of urea groups is 1. The average Bonchev–Trinajstić information content (AvgIpc) is 3.51. The number of carbonyl (C=O) groups excluding carboxylic acids is 4. The van der Waals surface area contributed by atoms with Crippen molar-refractivity contribution < 1.29 is 33.2 Å². The van der Waals surface area contributed by atoms with Gasteiger partial charge in [-0.3, -0.25) is 24.8 Å². The van der Waals surface area contributed by atoms with Crippen LogP contribution in [0.5, 0.6) is 5.75 Å². The number of piperidine rings is 1. The zero-order valence-electron chi connectivity index (χ0n) is 35.8. The number of carbonyl (C=O) groups is 4. The molecule has 61 heavy (non-hydrogen) atoms. The number of likely N-dealkylation sites (tertiary alicyclic amines) is 1. The molecule has 2 aliphatic heterocycles. The number of hydrogen-bond donors (Lipinski definition) is 5. The number of aromatic nitrogens is 2. The Balaban J connectivity index is 1.06. The van der Waals surface area contributed by atoms with Crippen molar-refractivity contribution in [3.8, 4) is 5.75 Å². The molecule has 3 heterocycles. The third-order valence-corrected chi connectivity index (χ3v) is 11.4. The summed E-state index contributed by atoms with van der Waals surface area (Å²) >= 11 is 0. The maximum Gasteiger partial charge on any atom is 0.482 e. The number of nitrogens with zero attached hydrogens (tertiary/aromatic N) is 3. The Kier molecular flexibility index (Phi) is 14.8. The predicted octanol–water partition coefficient (Wildman–Crippen LogP) is 5.30. The first-order chi connectivity index (χ1) is 29.2. The maximum absolute atomic E-state index is 14.1. The second-order valence-electron chi connectivity index (χ2n) is 16.7. The van der Waals surface area contributed by atoms with Gasteiger partial charge in [-0.1, -0.05) is 56.3 Å². The summed E-state index contributed by atoms with van der Waals surface area (Å²) in [4.78, 5) is 62.7. The van der Waals surface area contributed by atoms with Gasteiger partial charge < -0.3 is 34.9 Å². The largest absolute Gasteiger partial charge is 0.493 e. The van der Waals surface area contributed by atoms with Crippen molar-refractivity contribution in [2.45, 2.75) is 83.5 Å². The van der Waals surface area contributed by atoms with E-state index in [9.17, 15) is 19.2 Å². The molecular weight excluding hydrogens is 775 g/mol. The molecule has 3 aromatic carbocycles. The van der Waals surface area contributed by atoms with Crippen LogP contribution in [0.2, 0.25) is 0 Å². The standard InChI is InChI=1S/C45H57BN8O7/c1-30(2)26-39(52-40(55)37(27-31-10-8-7-9-11-31)51-41(56)38-28-48-22-23-49-38)46-60-44(3,4)45(5,61-46)34-14-12-33(13-15-34)42(57)54-24-20-32(21-25-54)29-59-36-18-16-35(17-19-36)50-43(58)53-47-6/h7-19,22-23,28,30,32,37,39,47H,20-21,24-27,29H2,1-6H3,(H,51,56)(H,52,55)(H2,50,53,58)/t37-,39-,45?/m0/s1. The van der Waals surface area contributed by atoms with Gasteiger partial charge >= 0.3 is 13.1 Å². The molecule has 5 amide bonds. The molecule has 0 spiro atoms. The number of nitrogens with one attached hydrogen (secondary N) is 5. The van der Waals surface area contributed by atoms with Crippen LogP contribution in [-0.4, -0.2) is 90.1 Å². The van der Waals surface area contributed by atoms with E-state index in [0.717, 1.165) is 24.0 Å². The Morgan fingerprint density at radius 2 is 1.61 bits per heavy atom. The first-order valence-electron chi connectivity index (χ1n) is 20.9. The summed E-state index contributed by atoms with van der Waals surface area (Å²) in [6.07, 6.45) is 6.73. The van der Waals surface area contributed by atoms with Crippen LogP contribution in [0.3, 0.4) is 0 Å². The Morgan fingerprint density at radius 1 is 0.902 bits per heavy atom. The molecule has 0 saturated carbocycles.